The lowest BCUT2D eigenvalue weighted by atomic mass is 9.97. The molecule has 1 atom stereocenters. The standard InChI is InChI=1S/C20H21F2N3O3/c1-13(26)24-12-20(21,22)18(27)17(11-14-7-9-16(23)10-8-14)25-19(28)15-5-3-2-4-6-15/h2-10,17H,11-12,23H2,1H3,(H,24,26)(H,25,28). The topological polar surface area (TPSA) is 101 Å². The van der Waals surface area contributed by atoms with Gasteiger partial charge in [-0.25, -0.2) is 0 Å². The highest BCUT2D eigenvalue weighted by atomic mass is 19.3. The van der Waals surface area contributed by atoms with Crippen molar-refractivity contribution in [2.75, 3.05) is 12.3 Å². The zero-order valence-corrected chi connectivity index (χ0v) is 15.2. The molecular formula is C20H21F2N3O3. The van der Waals surface area contributed by atoms with Gasteiger partial charge >= 0.3 is 5.92 Å². The van der Waals surface area contributed by atoms with Crippen LogP contribution in [-0.4, -0.2) is 36.1 Å². The van der Waals surface area contributed by atoms with Crippen LogP contribution in [0.25, 0.3) is 0 Å². The molecule has 0 aliphatic rings. The van der Waals surface area contributed by atoms with Gasteiger partial charge in [0.05, 0.1) is 12.6 Å². The maximum atomic E-state index is 14.3. The van der Waals surface area contributed by atoms with Gasteiger partial charge in [-0.1, -0.05) is 30.3 Å². The fourth-order valence-electron chi connectivity index (χ4n) is 2.51. The number of nitrogens with one attached hydrogen (secondary N) is 2. The van der Waals surface area contributed by atoms with Crippen LogP contribution in [0.1, 0.15) is 22.8 Å². The molecular weight excluding hydrogens is 368 g/mol. The molecule has 0 aliphatic heterocycles. The van der Waals surface area contributed by atoms with Crippen LogP contribution in [0.5, 0.6) is 0 Å². The molecule has 0 saturated heterocycles. The Morgan fingerprint density at radius 1 is 1.04 bits per heavy atom. The van der Waals surface area contributed by atoms with Gasteiger partial charge in [0.15, 0.2) is 0 Å². The number of benzene rings is 2. The minimum Gasteiger partial charge on any atom is -0.399 e. The monoisotopic (exact) mass is 389 g/mol. The van der Waals surface area contributed by atoms with Crippen LogP contribution in [0, 0.1) is 0 Å². The van der Waals surface area contributed by atoms with Crippen LogP contribution in [0.15, 0.2) is 54.6 Å². The smallest absolute Gasteiger partial charge is 0.324 e. The van der Waals surface area contributed by atoms with E-state index in [1.54, 1.807) is 42.5 Å². The van der Waals surface area contributed by atoms with Gasteiger partial charge in [-0.05, 0) is 29.8 Å². The number of nitrogens with two attached hydrogens (primary N) is 1. The Bertz CT molecular complexity index is 840. The highest BCUT2D eigenvalue weighted by molar-refractivity contribution is 6.00. The van der Waals surface area contributed by atoms with E-state index in [4.69, 9.17) is 5.73 Å². The summed E-state index contributed by atoms with van der Waals surface area (Å²) in [7, 11) is 0. The molecule has 0 radical (unpaired) electrons. The van der Waals surface area contributed by atoms with Crippen molar-refractivity contribution in [3.05, 3.63) is 65.7 Å². The Hall–Kier alpha value is -3.29. The Morgan fingerprint density at radius 2 is 1.64 bits per heavy atom. The number of hydrogen-bond acceptors (Lipinski definition) is 4. The fraction of sp³-hybridized carbons (Fsp3) is 0.250. The van der Waals surface area contributed by atoms with Crippen molar-refractivity contribution in [2.24, 2.45) is 0 Å². The second-order valence-corrected chi connectivity index (χ2v) is 6.32. The summed E-state index contributed by atoms with van der Waals surface area (Å²) < 4.78 is 28.6. The molecule has 1 unspecified atom stereocenters. The number of hydrogen-bond donors (Lipinski definition) is 3. The Labute approximate surface area is 161 Å². The highest BCUT2D eigenvalue weighted by Gasteiger charge is 2.43. The van der Waals surface area contributed by atoms with Gasteiger partial charge in [0.2, 0.25) is 11.7 Å². The lowest BCUT2D eigenvalue weighted by molar-refractivity contribution is -0.145. The number of ketones is 1. The normalized spacial score (nSPS) is 12.1. The number of carbonyl (C=O) groups excluding carboxylic acids is 3. The minimum atomic E-state index is -3.84. The maximum Gasteiger partial charge on any atom is 0.324 e. The molecule has 148 valence electrons. The number of alkyl halides is 2. The Balaban J connectivity index is 2.23. The van der Waals surface area contributed by atoms with Crippen molar-refractivity contribution in [3.8, 4) is 0 Å². The molecule has 28 heavy (non-hydrogen) atoms. The molecule has 0 heterocycles. The first-order valence-corrected chi connectivity index (χ1v) is 8.56. The van der Waals surface area contributed by atoms with Gasteiger partial charge in [-0.15, -0.1) is 0 Å². The second kappa shape index (κ2) is 9.07. The van der Waals surface area contributed by atoms with E-state index in [9.17, 15) is 23.2 Å². The number of halogens is 2. The van der Waals surface area contributed by atoms with E-state index in [0.717, 1.165) is 6.92 Å². The SMILES string of the molecule is CC(=O)NCC(F)(F)C(=O)C(Cc1ccc(N)cc1)NC(=O)c1ccccc1. The number of anilines is 1. The average molecular weight is 389 g/mol. The summed E-state index contributed by atoms with van der Waals surface area (Å²) in [5.41, 5.74) is 6.89. The van der Waals surface area contributed by atoms with Gasteiger partial charge in [0, 0.05) is 24.6 Å². The summed E-state index contributed by atoms with van der Waals surface area (Å²) in [5, 5.41) is 4.32. The molecule has 0 spiro atoms. The van der Waals surface area contributed by atoms with Crippen molar-refractivity contribution < 1.29 is 23.2 Å². The van der Waals surface area contributed by atoms with Crippen LogP contribution < -0.4 is 16.4 Å². The van der Waals surface area contributed by atoms with E-state index in [0.29, 0.717) is 11.3 Å². The summed E-state index contributed by atoms with van der Waals surface area (Å²) in [6, 6.07) is 12.8. The molecule has 6 nitrogen and oxygen atoms in total. The first-order chi connectivity index (χ1) is 13.2. The van der Waals surface area contributed by atoms with Gasteiger partial charge < -0.3 is 16.4 Å². The average Bonchev–Trinajstić information content (AvgIpc) is 2.67. The van der Waals surface area contributed by atoms with E-state index < -0.39 is 36.1 Å². The third-order valence-electron chi connectivity index (χ3n) is 4.00. The lowest BCUT2D eigenvalue weighted by Gasteiger charge is -2.23. The molecule has 0 saturated carbocycles. The van der Waals surface area contributed by atoms with Gasteiger partial charge in [-0.2, -0.15) is 8.78 Å². The van der Waals surface area contributed by atoms with Crippen molar-refractivity contribution in [1.82, 2.24) is 10.6 Å². The number of nitrogen functional groups attached to an aromatic ring is 1. The van der Waals surface area contributed by atoms with E-state index in [2.05, 4.69) is 5.32 Å². The van der Waals surface area contributed by atoms with E-state index in [1.807, 2.05) is 5.32 Å². The molecule has 2 aromatic carbocycles. The number of rotatable bonds is 8. The van der Waals surface area contributed by atoms with Gasteiger partial charge in [-0.3, -0.25) is 14.4 Å². The summed E-state index contributed by atoms with van der Waals surface area (Å²) >= 11 is 0. The largest absolute Gasteiger partial charge is 0.399 e. The Kier molecular flexibility index (Phi) is 6.81. The second-order valence-electron chi connectivity index (χ2n) is 6.32. The highest BCUT2D eigenvalue weighted by Crippen LogP contribution is 2.19. The molecule has 2 amide bonds. The van der Waals surface area contributed by atoms with Crippen LogP contribution in [0.2, 0.25) is 0 Å². The summed E-state index contributed by atoms with van der Waals surface area (Å²) in [6.07, 6.45) is -0.145. The van der Waals surface area contributed by atoms with Crippen LogP contribution in [0.3, 0.4) is 0 Å². The van der Waals surface area contributed by atoms with Gasteiger partial charge in [0.1, 0.15) is 0 Å². The first-order valence-electron chi connectivity index (χ1n) is 8.56. The number of Topliss-reactive ketones (excluding diaryl/α,β-unsaturated/α-hetero) is 1. The molecule has 8 heteroatoms. The number of amides is 2. The zero-order chi connectivity index (χ0) is 20.7. The number of carbonyl (C=O) groups is 3. The zero-order valence-electron chi connectivity index (χ0n) is 15.2. The van der Waals surface area contributed by atoms with E-state index in [1.165, 1.54) is 12.1 Å². The fourth-order valence-corrected chi connectivity index (χ4v) is 2.51. The van der Waals surface area contributed by atoms with E-state index >= 15 is 0 Å². The molecule has 2 rings (SSSR count). The molecule has 2 aromatic rings. The van der Waals surface area contributed by atoms with E-state index in [-0.39, 0.29) is 12.0 Å². The van der Waals surface area contributed by atoms with Crippen molar-refractivity contribution in [1.29, 1.82) is 0 Å². The van der Waals surface area contributed by atoms with Crippen LogP contribution in [0.4, 0.5) is 14.5 Å². The maximum absolute atomic E-state index is 14.3. The molecule has 0 bridgehead atoms. The van der Waals surface area contributed by atoms with Crippen molar-refractivity contribution >= 4 is 23.3 Å². The van der Waals surface area contributed by atoms with Crippen molar-refractivity contribution in [2.45, 2.75) is 25.3 Å². The predicted octanol–water partition coefficient (Wildman–Crippen LogP) is 1.95. The third kappa shape index (κ3) is 5.87. The first kappa shape index (κ1) is 21.0. The molecule has 0 aliphatic carbocycles. The van der Waals surface area contributed by atoms with Crippen molar-refractivity contribution in [3.63, 3.8) is 0 Å². The lowest BCUT2D eigenvalue weighted by Crippen LogP contribution is -2.53. The molecule has 0 fully saturated rings. The third-order valence-corrected chi connectivity index (χ3v) is 4.00. The molecule has 0 aromatic heterocycles. The minimum absolute atomic E-state index is 0.145. The van der Waals surface area contributed by atoms with Crippen LogP contribution in [-0.2, 0) is 16.0 Å². The summed E-state index contributed by atoms with van der Waals surface area (Å²) in [6.45, 7) is -0.0653. The Morgan fingerprint density at radius 3 is 2.21 bits per heavy atom. The van der Waals surface area contributed by atoms with Gasteiger partial charge in [0.25, 0.3) is 5.91 Å². The van der Waals surface area contributed by atoms with Crippen LogP contribution >= 0.6 is 0 Å². The summed E-state index contributed by atoms with van der Waals surface area (Å²) in [4.78, 5) is 35.8. The quantitative estimate of drug-likeness (QED) is 0.601. The molecule has 4 N–H and O–H groups in total. The summed E-state index contributed by atoms with van der Waals surface area (Å²) in [5.74, 6) is -6.66. The predicted molar refractivity (Wildman–Crippen MR) is 101 cm³/mol.